The van der Waals surface area contributed by atoms with Crippen LogP contribution in [0.15, 0.2) is 36.4 Å². The van der Waals surface area contributed by atoms with Crippen LogP contribution in [-0.2, 0) is 18.6 Å². The van der Waals surface area contributed by atoms with Crippen LogP contribution in [0.4, 0.5) is 0 Å². The van der Waals surface area contributed by atoms with Crippen LogP contribution in [0.5, 0.6) is 0 Å². The standard InChI is InChI=1S/C24H30B2N2O4/c1-21(2)22(3,4)30-25(29-21)17-12-16(20-11-9-10-19(15-27)28-20)13-18(14-17)26-31-23(5,6)24(7,8)32-26/h9-14H,1-8H3. The van der Waals surface area contributed by atoms with Crippen molar-refractivity contribution in [2.24, 2.45) is 0 Å². The summed E-state index contributed by atoms with van der Waals surface area (Å²) in [6, 6.07) is 13.5. The molecule has 3 heterocycles. The molecule has 2 fully saturated rings. The van der Waals surface area contributed by atoms with Gasteiger partial charge in [-0.05, 0) is 84.0 Å². The monoisotopic (exact) mass is 432 g/mol. The number of nitrogens with zero attached hydrogens (tertiary/aromatic N) is 2. The highest BCUT2D eigenvalue weighted by Crippen LogP contribution is 2.38. The SMILES string of the molecule is CC1(C)OB(c2cc(B3OC(C)(C)C(C)(C)O3)cc(-c3cccc(C#N)n3)c2)OC1(C)C. The lowest BCUT2D eigenvalue weighted by atomic mass is 9.70. The molecule has 6 nitrogen and oxygen atoms in total. The Hall–Kier alpha value is -2.17. The van der Waals surface area contributed by atoms with E-state index in [1.54, 1.807) is 6.07 Å². The Labute approximate surface area is 191 Å². The van der Waals surface area contributed by atoms with Crippen LogP contribution < -0.4 is 10.9 Å². The van der Waals surface area contributed by atoms with Crippen molar-refractivity contribution in [1.82, 2.24) is 4.98 Å². The molecule has 32 heavy (non-hydrogen) atoms. The van der Waals surface area contributed by atoms with Crippen LogP contribution in [0, 0.1) is 11.3 Å². The molecule has 2 aromatic rings. The van der Waals surface area contributed by atoms with Crippen LogP contribution in [0.1, 0.15) is 61.1 Å². The van der Waals surface area contributed by atoms with E-state index in [2.05, 4.69) is 11.1 Å². The van der Waals surface area contributed by atoms with E-state index in [1.807, 2.05) is 85.7 Å². The number of rotatable bonds is 3. The molecule has 166 valence electrons. The first-order valence-corrected chi connectivity index (χ1v) is 11.0. The van der Waals surface area contributed by atoms with E-state index in [0.29, 0.717) is 11.4 Å². The summed E-state index contributed by atoms with van der Waals surface area (Å²) in [5, 5.41) is 9.30. The first-order chi connectivity index (χ1) is 14.7. The van der Waals surface area contributed by atoms with E-state index >= 15 is 0 Å². The van der Waals surface area contributed by atoms with Crippen LogP contribution >= 0.6 is 0 Å². The normalized spacial score (nSPS) is 22.7. The number of hydrogen-bond acceptors (Lipinski definition) is 6. The Kier molecular flexibility index (Phi) is 5.34. The van der Waals surface area contributed by atoms with Crippen LogP contribution in [0.3, 0.4) is 0 Å². The van der Waals surface area contributed by atoms with Gasteiger partial charge in [-0.3, -0.25) is 0 Å². The highest BCUT2D eigenvalue weighted by Gasteiger charge is 2.54. The molecule has 2 aliphatic heterocycles. The number of aromatic nitrogens is 1. The Morgan fingerprint density at radius 2 is 1.16 bits per heavy atom. The van der Waals surface area contributed by atoms with Crippen molar-refractivity contribution in [3.63, 3.8) is 0 Å². The molecule has 0 aliphatic carbocycles. The zero-order valence-electron chi connectivity index (χ0n) is 20.1. The van der Waals surface area contributed by atoms with Crippen LogP contribution in [0.25, 0.3) is 11.3 Å². The second-order valence-electron chi connectivity index (χ2n) is 10.6. The van der Waals surface area contributed by atoms with Gasteiger partial charge in [0.25, 0.3) is 0 Å². The van der Waals surface area contributed by atoms with Crippen molar-refractivity contribution in [3.05, 3.63) is 42.1 Å². The van der Waals surface area contributed by atoms with E-state index in [0.717, 1.165) is 16.5 Å². The fraction of sp³-hybridized carbons (Fsp3) is 0.500. The molecule has 0 amide bonds. The van der Waals surface area contributed by atoms with E-state index in [1.165, 1.54) is 0 Å². The molecule has 0 atom stereocenters. The second-order valence-corrected chi connectivity index (χ2v) is 10.6. The fourth-order valence-electron chi connectivity index (χ4n) is 3.71. The van der Waals surface area contributed by atoms with E-state index in [-0.39, 0.29) is 0 Å². The average Bonchev–Trinajstić information content (AvgIpc) is 3.07. The Morgan fingerprint density at radius 3 is 1.56 bits per heavy atom. The molecule has 0 unspecified atom stereocenters. The minimum atomic E-state index is -0.541. The van der Waals surface area contributed by atoms with Gasteiger partial charge in [0.05, 0.1) is 28.1 Å². The molecule has 0 saturated carbocycles. The van der Waals surface area contributed by atoms with Gasteiger partial charge in [-0.1, -0.05) is 24.3 Å². The lowest BCUT2D eigenvalue weighted by molar-refractivity contribution is 0.00578. The maximum atomic E-state index is 9.30. The molecule has 8 heteroatoms. The van der Waals surface area contributed by atoms with Gasteiger partial charge < -0.3 is 18.6 Å². The van der Waals surface area contributed by atoms with Crippen LogP contribution in [0.2, 0.25) is 0 Å². The van der Waals surface area contributed by atoms with Gasteiger partial charge in [0.15, 0.2) is 0 Å². The van der Waals surface area contributed by atoms with Crippen LogP contribution in [-0.4, -0.2) is 41.6 Å². The minimum Gasteiger partial charge on any atom is -0.399 e. The zero-order valence-corrected chi connectivity index (χ0v) is 20.1. The quantitative estimate of drug-likeness (QED) is 0.694. The first kappa shape index (κ1) is 23.0. The first-order valence-electron chi connectivity index (χ1n) is 11.0. The maximum Gasteiger partial charge on any atom is 0.494 e. The molecule has 0 N–H and O–H groups in total. The number of pyridine rings is 1. The van der Waals surface area contributed by atoms with Gasteiger partial charge in [-0.25, -0.2) is 4.98 Å². The highest BCUT2D eigenvalue weighted by molar-refractivity contribution is 6.66. The predicted octanol–water partition coefficient (Wildman–Crippen LogP) is 3.22. The molecule has 2 saturated heterocycles. The van der Waals surface area contributed by atoms with Crippen molar-refractivity contribution in [2.75, 3.05) is 0 Å². The average molecular weight is 432 g/mol. The molecular weight excluding hydrogens is 402 g/mol. The molecule has 0 radical (unpaired) electrons. The molecule has 1 aromatic carbocycles. The molecular formula is C24H30B2N2O4. The van der Waals surface area contributed by atoms with E-state index in [9.17, 15) is 5.26 Å². The summed E-state index contributed by atoms with van der Waals surface area (Å²) in [6.07, 6.45) is 0. The van der Waals surface area contributed by atoms with Crippen molar-refractivity contribution in [2.45, 2.75) is 77.8 Å². The van der Waals surface area contributed by atoms with Gasteiger partial charge in [-0.15, -0.1) is 0 Å². The third kappa shape index (κ3) is 3.88. The van der Waals surface area contributed by atoms with Gasteiger partial charge in [0.2, 0.25) is 0 Å². The fourth-order valence-corrected chi connectivity index (χ4v) is 3.71. The summed E-state index contributed by atoms with van der Waals surface area (Å²) < 4.78 is 25.2. The maximum absolute atomic E-state index is 9.30. The zero-order chi connectivity index (χ0) is 23.5. The van der Waals surface area contributed by atoms with Gasteiger partial charge in [0, 0.05) is 0 Å². The van der Waals surface area contributed by atoms with E-state index in [4.69, 9.17) is 18.6 Å². The van der Waals surface area contributed by atoms with Gasteiger partial charge in [0.1, 0.15) is 11.8 Å². The summed E-state index contributed by atoms with van der Waals surface area (Å²) in [5.41, 5.74) is 1.77. The Balaban J connectivity index is 1.81. The smallest absolute Gasteiger partial charge is 0.399 e. The van der Waals surface area contributed by atoms with E-state index < -0.39 is 36.6 Å². The summed E-state index contributed by atoms with van der Waals surface area (Å²) in [7, 11) is -1.08. The Bertz CT molecular complexity index is 1010. The molecule has 0 bridgehead atoms. The van der Waals surface area contributed by atoms with Crippen molar-refractivity contribution in [1.29, 1.82) is 5.26 Å². The number of nitriles is 1. The summed E-state index contributed by atoms with van der Waals surface area (Å²) in [4.78, 5) is 4.49. The lowest BCUT2D eigenvalue weighted by Crippen LogP contribution is -2.41. The largest absolute Gasteiger partial charge is 0.494 e. The number of hydrogen-bond donors (Lipinski definition) is 0. The molecule has 1 aromatic heterocycles. The summed E-state index contributed by atoms with van der Waals surface area (Å²) >= 11 is 0. The van der Waals surface area contributed by atoms with Crippen molar-refractivity contribution in [3.8, 4) is 17.3 Å². The topological polar surface area (TPSA) is 73.6 Å². The summed E-state index contributed by atoms with van der Waals surface area (Å²) in [5.74, 6) is 0. The highest BCUT2D eigenvalue weighted by atomic mass is 16.7. The summed E-state index contributed by atoms with van der Waals surface area (Å²) in [6.45, 7) is 16.3. The molecule has 0 spiro atoms. The lowest BCUT2D eigenvalue weighted by Gasteiger charge is -2.32. The third-order valence-corrected chi connectivity index (χ3v) is 7.19. The second kappa shape index (κ2) is 7.43. The Morgan fingerprint density at radius 1 is 0.719 bits per heavy atom. The van der Waals surface area contributed by atoms with Gasteiger partial charge >= 0.3 is 14.2 Å². The van der Waals surface area contributed by atoms with Crippen molar-refractivity contribution < 1.29 is 18.6 Å². The minimum absolute atomic E-state index is 0.362. The van der Waals surface area contributed by atoms with Crippen molar-refractivity contribution >= 4 is 25.2 Å². The molecule has 2 aliphatic rings. The van der Waals surface area contributed by atoms with Gasteiger partial charge in [-0.2, -0.15) is 5.26 Å². The molecule has 4 rings (SSSR count). The number of benzene rings is 1. The predicted molar refractivity (Wildman–Crippen MR) is 126 cm³/mol. The third-order valence-electron chi connectivity index (χ3n) is 7.19.